The zero-order valence-electron chi connectivity index (χ0n) is 11.8. The van der Waals surface area contributed by atoms with Crippen LogP contribution in [0, 0.1) is 11.3 Å². The van der Waals surface area contributed by atoms with E-state index >= 15 is 0 Å². The summed E-state index contributed by atoms with van der Waals surface area (Å²) < 4.78 is 0. The van der Waals surface area contributed by atoms with Gasteiger partial charge in [-0.05, 0) is 32.6 Å². The Labute approximate surface area is 100 Å². The first kappa shape index (κ1) is 13.7. The average Bonchev–Trinajstić information content (AvgIpc) is 1.97. The molecule has 1 rings (SSSR count). The fourth-order valence-electron chi connectivity index (χ4n) is 2.71. The largest absolute Gasteiger partial charge is 0.324 e. The lowest BCUT2D eigenvalue weighted by Gasteiger charge is -2.39. The molecule has 0 aromatic heterocycles. The van der Waals surface area contributed by atoms with E-state index in [1.165, 1.54) is 11.3 Å². The molecular formula is C14H28NO+. The van der Waals surface area contributed by atoms with Gasteiger partial charge in [-0.3, -0.25) is 4.79 Å². The second kappa shape index (κ2) is 4.48. The van der Waals surface area contributed by atoms with Gasteiger partial charge >= 0.3 is 0 Å². The Morgan fingerprint density at radius 1 is 1.19 bits per heavy atom. The Morgan fingerprint density at radius 2 is 1.75 bits per heavy atom. The molecule has 1 aliphatic heterocycles. The van der Waals surface area contributed by atoms with Crippen molar-refractivity contribution in [1.82, 2.24) is 0 Å². The summed E-state index contributed by atoms with van der Waals surface area (Å²) >= 11 is 0. The summed E-state index contributed by atoms with van der Waals surface area (Å²) in [7, 11) is 0. The summed E-state index contributed by atoms with van der Waals surface area (Å²) in [5.74, 6) is 1.03. The van der Waals surface area contributed by atoms with Crippen molar-refractivity contribution in [2.75, 3.05) is 13.1 Å². The maximum atomic E-state index is 11.8. The van der Waals surface area contributed by atoms with Crippen molar-refractivity contribution in [3.05, 3.63) is 0 Å². The molecule has 0 aromatic rings. The van der Waals surface area contributed by atoms with Crippen molar-refractivity contribution in [2.45, 2.75) is 59.9 Å². The Morgan fingerprint density at radius 3 is 2.19 bits per heavy atom. The van der Waals surface area contributed by atoms with E-state index in [1.54, 1.807) is 0 Å². The van der Waals surface area contributed by atoms with E-state index in [0.717, 1.165) is 19.5 Å². The average molecular weight is 226 g/mol. The minimum atomic E-state index is 0.201. The van der Waals surface area contributed by atoms with E-state index in [4.69, 9.17) is 0 Å². The Bertz CT molecular complexity index is 257. The van der Waals surface area contributed by atoms with Crippen molar-refractivity contribution in [3.63, 3.8) is 0 Å². The maximum Gasteiger partial charge on any atom is 0.187 e. The first-order chi connectivity index (χ1) is 7.08. The maximum absolute atomic E-state index is 11.8. The van der Waals surface area contributed by atoms with E-state index in [2.05, 4.69) is 41.5 Å². The van der Waals surface area contributed by atoms with Gasteiger partial charge in [0.05, 0.1) is 12.1 Å². The number of quaternary nitrogens is 1. The lowest BCUT2D eigenvalue weighted by molar-refractivity contribution is -0.945. The highest BCUT2D eigenvalue weighted by Gasteiger charge is 2.36. The minimum absolute atomic E-state index is 0.201. The Balaban J connectivity index is 2.65. The van der Waals surface area contributed by atoms with E-state index in [0.29, 0.717) is 17.1 Å². The second-order valence-electron chi connectivity index (χ2n) is 7.61. The number of likely N-dealkylation sites (tertiary alicyclic amines) is 1. The van der Waals surface area contributed by atoms with Crippen LogP contribution in [0.15, 0.2) is 0 Å². The predicted molar refractivity (Wildman–Crippen MR) is 67.6 cm³/mol. The van der Waals surface area contributed by atoms with Gasteiger partial charge in [0.15, 0.2) is 5.78 Å². The fourth-order valence-corrected chi connectivity index (χ4v) is 2.71. The van der Waals surface area contributed by atoms with Crippen LogP contribution >= 0.6 is 0 Å². The van der Waals surface area contributed by atoms with Crippen LogP contribution in [0.25, 0.3) is 0 Å². The predicted octanol–water partition coefficient (Wildman–Crippen LogP) is 1.69. The van der Waals surface area contributed by atoms with Crippen molar-refractivity contribution < 1.29 is 9.69 Å². The summed E-state index contributed by atoms with van der Waals surface area (Å²) in [6.07, 6.45) is 1.97. The lowest BCUT2D eigenvalue weighted by atomic mass is 9.80. The third-order valence-electron chi connectivity index (χ3n) is 3.42. The molecule has 0 amide bonds. The molecule has 94 valence electrons. The van der Waals surface area contributed by atoms with Crippen LogP contribution in [0.4, 0.5) is 0 Å². The molecule has 0 radical (unpaired) electrons. The highest BCUT2D eigenvalue weighted by Crippen LogP contribution is 2.26. The van der Waals surface area contributed by atoms with Crippen LogP contribution in [-0.4, -0.2) is 24.4 Å². The summed E-state index contributed by atoms with van der Waals surface area (Å²) in [4.78, 5) is 13.3. The van der Waals surface area contributed by atoms with Crippen LogP contribution in [-0.2, 0) is 4.79 Å². The molecule has 1 heterocycles. The number of ketones is 1. The highest BCUT2D eigenvalue weighted by atomic mass is 16.1. The lowest BCUT2D eigenvalue weighted by Crippen LogP contribution is -3.21. The molecule has 1 N–H and O–H groups in total. The fraction of sp³-hybridized carbons (Fsp3) is 0.929. The van der Waals surface area contributed by atoms with Gasteiger partial charge in [-0.25, -0.2) is 0 Å². The monoisotopic (exact) mass is 226 g/mol. The summed E-state index contributed by atoms with van der Waals surface area (Å²) in [6, 6.07) is 0. The summed E-state index contributed by atoms with van der Waals surface area (Å²) in [6.45, 7) is 15.4. The molecular weight excluding hydrogens is 198 g/mol. The smallest absolute Gasteiger partial charge is 0.187 e. The molecule has 0 aromatic carbocycles. The number of piperidine rings is 1. The number of hydrogen-bond donors (Lipinski definition) is 1. The normalized spacial score (nSPS) is 28.2. The zero-order valence-corrected chi connectivity index (χ0v) is 11.8. The highest BCUT2D eigenvalue weighted by molar-refractivity contribution is 5.80. The second-order valence-corrected chi connectivity index (χ2v) is 7.61. The number of carbonyl (C=O) groups is 1. The SMILES string of the molecule is CC(C)(C)C[C@H]1CC(=O)C[NH+](C(C)(C)C)C1. The van der Waals surface area contributed by atoms with Gasteiger partial charge in [0.25, 0.3) is 0 Å². The number of Topliss-reactive ketones (excluding diaryl/α,β-unsaturated/α-hetero) is 1. The minimum Gasteiger partial charge on any atom is -0.324 e. The van der Waals surface area contributed by atoms with Gasteiger partial charge in [0.1, 0.15) is 6.54 Å². The first-order valence-electron chi connectivity index (χ1n) is 6.45. The van der Waals surface area contributed by atoms with Gasteiger partial charge in [0.2, 0.25) is 0 Å². The third-order valence-corrected chi connectivity index (χ3v) is 3.42. The van der Waals surface area contributed by atoms with Crippen molar-refractivity contribution in [1.29, 1.82) is 0 Å². The molecule has 2 atom stereocenters. The molecule has 0 spiro atoms. The van der Waals surface area contributed by atoms with E-state index in [1.807, 2.05) is 0 Å². The molecule has 0 bridgehead atoms. The van der Waals surface area contributed by atoms with Crippen molar-refractivity contribution >= 4 is 5.78 Å². The van der Waals surface area contributed by atoms with Crippen LogP contribution in [0.5, 0.6) is 0 Å². The first-order valence-corrected chi connectivity index (χ1v) is 6.45. The topological polar surface area (TPSA) is 21.5 Å². The number of rotatable bonds is 1. The molecule has 1 saturated heterocycles. The van der Waals surface area contributed by atoms with Crippen molar-refractivity contribution in [3.8, 4) is 0 Å². The van der Waals surface area contributed by atoms with Crippen LogP contribution in [0.1, 0.15) is 54.4 Å². The molecule has 16 heavy (non-hydrogen) atoms. The van der Waals surface area contributed by atoms with Gasteiger partial charge in [-0.2, -0.15) is 0 Å². The molecule has 1 unspecified atom stereocenters. The van der Waals surface area contributed by atoms with E-state index in [-0.39, 0.29) is 5.54 Å². The number of hydrogen-bond acceptors (Lipinski definition) is 1. The standard InChI is InChI=1S/C14H27NO/c1-13(2,3)8-11-7-12(16)10-15(9-11)14(4,5)6/h11H,7-10H2,1-6H3/p+1/t11-/m1/s1. The zero-order chi connectivity index (χ0) is 12.6. The molecule has 0 aliphatic carbocycles. The van der Waals surface area contributed by atoms with E-state index < -0.39 is 0 Å². The van der Waals surface area contributed by atoms with Gasteiger partial charge in [-0.1, -0.05) is 20.8 Å². The van der Waals surface area contributed by atoms with Crippen molar-refractivity contribution in [2.24, 2.45) is 11.3 Å². The van der Waals surface area contributed by atoms with Crippen LogP contribution in [0.3, 0.4) is 0 Å². The van der Waals surface area contributed by atoms with Gasteiger partial charge < -0.3 is 4.90 Å². The molecule has 2 heteroatoms. The van der Waals surface area contributed by atoms with Crippen LogP contribution in [0.2, 0.25) is 0 Å². The van der Waals surface area contributed by atoms with E-state index in [9.17, 15) is 4.79 Å². The third kappa shape index (κ3) is 4.25. The summed E-state index contributed by atoms with van der Waals surface area (Å²) in [5, 5.41) is 0. The summed E-state index contributed by atoms with van der Waals surface area (Å²) in [5.41, 5.74) is 0.539. The van der Waals surface area contributed by atoms with Gasteiger partial charge in [0, 0.05) is 12.3 Å². The number of nitrogens with one attached hydrogen (secondary N) is 1. The number of carbonyl (C=O) groups excluding carboxylic acids is 1. The van der Waals surface area contributed by atoms with Crippen LogP contribution < -0.4 is 4.90 Å². The van der Waals surface area contributed by atoms with Gasteiger partial charge in [-0.15, -0.1) is 0 Å². The Hall–Kier alpha value is -0.370. The molecule has 1 aliphatic rings. The molecule has 1 fully saturated rings. The quantitative estimate of drug-likeness (QED) is 0.722. The Kier molecular flexibility index (Phi) is 3.83. The molecule has 2 nitrogen and oxygen atoms in total. The molecule has 0 saturated carbocycles.